The molecule has 4 saturated carbocycles. The first-order valence-corrected chi connectivity index (χ1v) is 13.0. The van der Waals surface area contributed by atoms with E-state index in [1.807, 2.05) is 6.92 Å². The van der Waals surface area contributed by atoms with Crippen molar-refractivity contribution < 1.29 is 35.0 Å². The third kappa shape index (κ3) is 3.64. The van der Waals surface area contributed by atoms with E-state index in [9.17, 15) is 25.5 Å². The monoisotopic (exact) mass is 468 g/mol. The Morgan fingerprint density at radius 2 is 1.61 bits per heavy atom. The predicted molar refractivity (Wildman–Crippen MR) is 121 cm³/mol. The number of rotatable bonds is 3. The smallest absolute Gasteiger partial charge is 0.186 e. The zero-order valence-electron chi connectivity index (χ0n) is 20.6. The molecule has 190 valence electrons. The highest BCUT2D eigenvalue weighted by Crippen LogP contribution is 2.73. The Hall–Kier alpha value is -0.280. The molecule has 1 aliphatic heterocycles. The van der Waals surface area contributed by atoms with E-state index in [0.717, 1.165) is 38.5 Å². The van der Waals surface area contributed by atoms with Gasteiger partial charge in [0.15, 0.2) is 6.29 Å². The standard InChI is InChI=1S/C26H44O7/c1-23(2)10-15(32-22-21(30)20(29)19(28)16(12-27)33-22)11-24(3)17(23)7-8-26-9-14(5-6-18(24)26)25(4,31)13-26/h14-22,27-31H,5-13H2,1-4H3/t14-,15-,16-,17+,18-,19-,20-,21-,22-,24+,25+,26-/m0/s1. The van der Waals surface area contributed by atoms with Gasteiger partial charge in [0.05, 0.1) is 18.3 Å². The quantitative estimate of drug-likeness (QED) is 0.402. The van der Waals surface area contributed by atoms with Crippen molar-refractivity contribution in [1.29, 1.82) is 0 Å². The summed E-state index contributed by atoms with van der Waals surface area (Å²) in [6.07, 6.45) is 1.97. The van der Waals surface area contributed by atoms with Gasteiger partial charge < -0.3 is 35.0 Å². The summed E-state index contributed by atoms with van der Waals surface area (Å²) in [5.41, 5.74) is -0.247. The summed E-state index contributed by atoms with van der Waals surface area (Å²) < 4.78 is 12.0. The van der Waals surface area contributed by atoms with Gasteiger partial charge in [-0.2, -0.15) is 0 Å². The van der Waals surface area contributed by atoms with Crippen molar-refractivity contribution in [2.75, 3.05) is 6.61 Å². The maximum Gasteiger partial charge on any atom is 0.186 e. The fraction of sp³-hybridized carbons (Fsp3) is 1.00. The van der Waals surface area contributed by atoms with Gasteiger partial charge in [0.2, 0.25) is 0 Å². The second-order valence-electron chi connectivity index (χ2n) is 13.4. The van der Waals surface area contributed by atoms with Gasteiger partial charge >= 0.3 is 0 Å². The van der Waals surface area contributed by atoms with Crippen molar-refractivity contribution in [1.82, 2.24) is 0 Å². The molecule has 5 aliphatic rings. The summed E-state index contributed by atoms with van der Waals surface area (Å²) in [5, 5.41) is 51.6. The van der Waals surface area contributed by atoms with Crippen LogP contribution >= 0.6 is 0 Å². The minimum Gasteiger partial charge on any atom is -0.394 e. The Bertz CT molecular complexity index is 753. The van der Waals surface area contributed by atoms with E-state index in [1.165, 1.54) is 12.8 Å². The number of aliphatic hydroxyl groups is 5. The molecule has 0 aromatic heterocycles. The molecule has 33 heavy (non-hydrogen) atoms. The second-order valence-corrected chi connectivity index (χ2v) is 13.4. The van der Waals surface area contributed by atoms with Gasteiger partial charge in [-0.15, -0.1) is 0 Å². The average molecular weight is 469 g/mol. The Balaban J connectivity index is 1.40. The maximum absolute atomic E-state index is 11.1. The van der Waals surface area contributed by atoms with Crippen LogP contribution in [0, 0.1) is 34.0 Å². The van der Waals surface area contributed by atoms with E-state index in [2.05, 4.69) is 20.8 Å². The first kappa shape index (κ1) is 24.4. The Morgan fingerprint density at radius 1 is 0.879 bits per heavy atom. The molecule has 7 heteroatoms. The zero-order valence-corrected chi connectivity index (χ0v) is 20.6. The van der Waals surface area contributed by atoms with Crippen molar-refractivity contribution in [2.45, 2.75) is 121 Å². The molecule has 7 nitrogen and oxygen atoms in total. The SMILES string of the molecule is CC1(C)C[C@H](O[C@H]2O[C@@H](CO)[C@H](O)[C@H](O)[C@@H]2O)C[C@]2(C)[C@@H]1CC[C@@]13C[C@H](CC[C@H]12)[C@](C)(O)C3. The Kier molecular flexibility index (Phi) is 5.81. The molecule has 1 saturated heterocycles. The zero-order chi connectivity index (χ0) is 24.0. The van der Waals surface area contributed by atoms with Crippen LogP contribution in [-0.4, -0.2) is 74.6 Å². The number of ether oxygens (including phenoxy) is 2. The van der Waals surface area contributed by atoms with Crippen LogP contribution in [0.15, 0.2) is 0 Å². The van der Waals surface area contributed by atoms with E-state index in [0.29, 0.717) is 17.8 Å². The van der Waals surface area contributed by atoms with Crippen LogP contribution in [0.2, 0.25) is 0 Å². The number of fused-ring (bicyclic) bond motifs is 3. The lowest BCUT2D eigenvalue weighted by Crippen LogP contribution is -2.62. The molecule has 1 heterocycles. The fourth-order valence-electron chi connectivity index (χ4n) is 9.72. The first-order chi connectivity index (χ1) is 15.3. The van der Waals surface area contributed by atoms with Crippen molar-refractivity contribution in [3.05, 3.63) is 0 Å². The lowest BCUT2D eigenvalue weighted by atomic mass is 9.41. The molecule has 0 unspecified atom stereocenters. The average Bonchev–Trinajstić information content (AvgIpc) is 2.90. The van der Waals surface area contributed by atoms with Crippen molar-refractivity contribution in [3.63, 3.8) is 0 Å². The Morgan fingerprint density at radius 3 is 2.30 bits per heavy atom. The van der Waals surface area contributed by atoms with Gasteiger partial charge in [-0.05, 0) is 92.3 Å². The van der Waals surface area contributed by atoms with E-state index >= 15 is 0 Å². The van der Waals surface area contributed by atoms with E-state index in [4.69, 9.17) is 9.47 Å². The Labute approximate surface area is 197 Å². The van der Waals surface area contributed by atoms with E-state index in [-0.39, 0.29) is 22.3 Å². The lowest BCUT2D eigenvalue weighted by Gasteiger charge is -2.65. The van der Waals surface area contributed by atoms with Crippen LogP contribution in [0.1, 0.15) is 79.1 Å². The summed E-state index contributed by atoms with van der Waals surface area (Å²) in [6, 6.07) is 0. The van der Waals surface area contributed by atoms with Crippen molar-refractivity contribution in [3.8, 4) is 0 Å². The van der Waals surface area contributed by atoms with E-state index < -0.39 is 42.9 Å². The number of hydrogen-bond acceptors (Lipinski definition) is 7. The van der Waals surface area contributed by atoms with Gasteiger partial charge in [-0.1, -0.05) is 20.8 Å². The molecule has 5 rings (SSSR count). The maximum atomic E-state index is 11.1. The first-order valence-electron chi connectivity index (χ1n) is 13.0. The summed E-state index contributed by atoms with van der Waals surface area (Å²) >= 11 is 0. The van der Waals surface area contributed by atoms with Crippen LogP contribution in [0.25, 0.3) is 0 Å². The molecule has 2 bridgehead atoms. The second kappa shape index (κ2) is 7.86. The van der Waals surface area contributed by atoms with Gasteiger partial charge in [0.25, 0.3) is 0 Å². The topological polar surface area (TPSA) is 120 Å². The van der Waals surface area contributed by atoms with Crippen LogP contribution in [-0.2, 0) is 9.47 Å². The fourth-order valence-corrected chi connectivity index (χ4v) is 9.72. The molecule has 5 fully saturated rings. The molecule has 12 atom stereocenters. The van der Waals surface area contributed by atoms with Crippen LogP contribution in [0.4, 0.5) is 0 Å². The minimum absolute atomic E-state index is 0.0470. The highest BCUT2D eigenvalue weighted by Gasteiger charge is 2.67. The summed E-state index contributed by atoms with van der Waals surface area (Å²) in [6.45, 7) is 8.67. The molecule has 0 amide bonds. The van der Waals surface area contributed by atoms with Gasteiger partial charge in [-0.3, -0.25) is 0 Å². The lowest BCUT2D eigenvalue weighted by molar-refractivity contribution is -0.322. The van der Waals surface area contributed by atoms with Crippen LogP contribution < -0.4 is 0 Å². The van der Waals surface area contributed by atoms with E-state index in [1.54, 1.807) is 0 Å². The highest BCUT2D eigenvalue weighted by atomic mass is 16.7. The molecule has 0 aromatic rings. The molecule has 1 spiro atoms. The third-order valence-electron chi connectivity index (χ3n) is 10.8. The van der Waals surface area contributed by atoms with Crippen molar-refractivity contribution >= 4 is 0 Å². The van der Waals surface area contributed by atoms with Crippen LogP contribution in [0.5, 0.6) is 0 Å². The normalized spacial score (nSPS) is 57.9. The third-order valence-corrected chi connectivity index (χ3v) is 10.8. The molecule has 5 N–H and O–H groups in total. The number of hydrogen-bond donors (Lipinski definition) is 5. The van der Waals surface area contributed by atoms with Crippen molar-refractivity contribution in [2.24, 2.45) is 34.0 Å². The number of aliphatic hydroxyl groups excluding tert-OH is 4. The van der Waals surface area contributed by atoms with Gasteiger partial charge in [-0.25, -0.2) is 0 Å². The molecule has 0 aromatic carbocycles. The largest absolute Gasteiger partial charge is 0.394 e. The predicted octanol–water partition coefficient (Wildman–Crippen LogP) is 1.97. The molecule has 0 radical (unpaired) electrons. The molecular weight excluding hydrogens is 424 g/mol. The van der Waals surface area contributed by atoms with Crippen LogP contribution in [0.3, 0.4) is 0 Å². The van der Waals surface area contributed by atoms with Gasteiger partial charge in [0, 0.05) is 0 Å². The molecular formula is C26H44O7. The molecule has 4 aliphatic carbocycles. The highest BCUT2D eigenvalue weighted by molar-refractivity contribution is 5.16. The van der Waals surface area contributed by atoms with Gasteiger partial charge in [0.1, 0.15) is 24.4 Å². The summed E-state index contributed by atoms with van der Waals surface area (Å²) in [7, 11) is 0. The minimum atomic E-state index is -1.42. The summed E-state index contributed by atoms with van der Waals surface area (Å²) in [5.74, 6) is 1.51. The summed E-state index contributed by atoms with van der Waals surface area (Å²) in [4.78, 5) is 0.